The summed E-state index contributed by atoms with van der Waals surface area (Å²) in [4.78, 5) is 12.2. The summed E-state index contributed by atoms with van der Waals surface area (Å²) in [5, 5.41) is 2.94. The van der Waals surface area contributed by atoms with Crippen LogP contribution in [0.15, 0.2) is 45.9 Å². The van der Waals surface area contributed by atoms with Gasteiger partial charge in [0.25, 0.3) is 5.91 Å². The van der Waals surface area contributed by atoms with E-state index < -0.39 is 9.84 Å². The highest BCUT2D eigenvalue weighted by Gasteiger charge is 2.17. The number of benzene rings is 1. The molecule has 1 atom stereocenters. The summed E-state index contributed by atoms with van der Waals surface area (Å²) in [7, 11) is -3.48. The first kappa shape index (κ1) is 17.6. The molecule has 0 spiro atoms. The lowest BCUT2D eigenvalue weighted by molar-refractivity contribution is 0.0938. The second-order valence-corrected chi connectivity index (χ2v) is 7.80. The minimum absolute atomic E-state index is 0.0462. The fourth-order valence-electron chi connectivity index (χ4n) is 2.12. The van der Waals surface area contributed by atoms with Crippen LogP contribution in [0.25, 0.3) is 0 Å². The molecule has 1 aromatic heterocycles. The Bertz CT molecular complexity index is 784. The number of carbonyl (C=O) groups excluding carboxylic acids is 1. The smallest absolute Gasteiger partial charge is 0.251 e. The number of amides is 1. The van der Waals surface area contributed by atoms with Gasteiger partial charge in [0.15, 0.2) is 9.84 Å². The van der Waals surface area contributed by atoms with Crippen LogP contribution in [-0.4, -0.2) is 26.6 Å². The Morgan fingerprint density at radius 1 is 1.35 bits per heavy atom. The molecule has 0 fully saturated rings. The largest absolute Gasteiger partial charge is 0.469 e. The molecule has 2 aromatic rings. The van der Waals surface area contributed by atoms with Crippen molar-refractivity contribution >= 4 is 27.3 Å². The van der Waals surface area contributed by atoms with Crippen LogP contribution < -0.4 is 5.32 Å². The number of carbonyl (C=O) groups is 1. The number of hydrogen-bond donors (Lipinski definition) is 1. The first-order chi connectivity index (χ1) is 10.8. The van der Waals surface area contributed by atoms with E-state index in [2.05, 4.69) is 5.32 Å². The molecule has 0 saturated heterocycles. The van der Waals surface area contributed by atoms with Gasteiger partial charge in [0.1, 0.15) is 5.76 Å². The standard InChI is InChI=1S/C16H18ClNO4S/c1-11(5-7-13-4-3-9-22-13)18-16(19)12-6-8-14(17)15(10-12)23(2,20)21/h3-4,6,8-11H,5,7H2,1-2H3,(H,18,19)/t11-/m1/s1. The zero-order valence-electron chi connectivity index (χ0n) is 12.9. The minimum Gasteiger partial charge on any atom is -0.469 e. The van der Waals surface area contributed by atoms with Crippen LogP contribution in [0.1, 0.15) is 29.5 Å². The fourth-order valence-corrected chi connectivity index (χ4v) is 3.42. The van der Waals surface area contributed by atoms with Crippen molar-refractivity contribution in [2.24, 2.45) is 0 Å². The zero-order valence-corrected chi connectivity index (χ0v) is 14.4. The highest BCUT2D eigenvalue weighted by molar-refractivity contribution is 7.90. The molecular formula is C16H18ClNO4S. The average molecular weight is 356 g/mol. The number of furan rings is 1. The Morgan fingerprint density at radius 2 is 2.09 bits per heavy atom. The molecule has 23 heavy (non-hydrogen) atoms. The van der Waals surface area contributed by atoms with Crippen molar-refractivity contribution in [3.8, 4) is 0 Å². The third-order valence-electron chi connectivity index (χ3n) is 3.37. The molecule has 0 aliphatic carbocycles. The molecule has 0 aliphatic rings. The third kappa shape index (κ3) is 4.84. The van der Waals surface area contributed by atoms with E-state index in [1.807, 2.05) is 19.1 Å². The van der Waals surface area contributed by atoms with Crippen LogP contribution in [0.4, 0.5) is 0 Å². The van der Waals surface area contributed by atoms with Gasteiger partial charge < -0.3 is 9.73 Å². The van der Waals surface area contributed by atoms with E-state index in [0.717, 1.165) is 12.0 Å². The summed E-state index contributed by atoms with van der Waals surface area (Å²) in [5.41, 5.74) is 0.264. The Morgan fingerprint density at radius 3 is 2.70 bits per heavy atom. The van der Waals surface area contributed by atoms with Crippen LogP contribution in [0.3, 0.4) is 0 Å². The molecule has 0 unspecified atom stereocenters. The van der Waals surface area contributed by atoms with E-state index in [4.69, 9.17) is 16.0 Å². The number of aryl methyl sites for hydroxylation is 1. The normalized spacial score (nSPS) is 12.8. The van der Waals surface area contributed by atoms with E-state index in [1.54, 1.807) is 6.26 Å². The fraction of sp³-hybridized carbons (Fsp3) is 0.312. The van der Waals surface area contributed by atoms with Crippen LogP contribution >= 0.6 is 11.6 Å². The van der Waals surface area contributed by atoms with E-state index in [9.17, 15) is 13.2 Å². The lowest BCUT2D eigenvalue weighted by Gasteiger charge is -2.14. The number of rotatable bonds is 6. The molecule has 5 nitrogen and oxygen atoms in total. The monoisotopic (exact) mass is 355 g/mol. The van der Waals surface area contributed by atoms with Crippen LogP contribution in [0.2, 0.25) is 5.02 Å². The molecule has 0 bridgehead atoms. The summed E-state index contributed by atoms with van der Waals surface area (Å²) in [5.74, 6) is 0.524. The summed E-state index contributed by atoms with van der Waals surface area (Å²) in [6.45, 7) is 1.88. The van der Waals surface area contributed by atoms with E-state index >= 15 is 0 Å². The van der Waals surface area contributed by atoms with Gasteiger partial charge in [0.05, 0.1) is 16.2 Å². The maximum absolute atomic E-state index is 12.2. The predicted octanol–water partition coefficient (Wildman–Crippen LogP) is 3.09. The van der Waals surface area contributed by atoms with Crippen molar-refractivity contribution < 1.29 is 17.6 Å². The van der Waals surface area contributed by atoms with Gasteiger partial charge in [-0.05, 0) is 43.7 Å². The Kier molecular flexibility index (Phi) is 5.49. The molecule has 1 N–H and O–H groups in total. The Balaban J connectivity index is 2.03. The van der Waals surface area contributed by atoms with Crippen molar-refractivity contribution in [3.05, 3.63) is 52.9 Å². The predicted molar refractivity (Wildman–Crippen MR) is 88.5 cm³/mol. The molecule has 7 heteroatoms. The van der Waals surface area contributed by atoms with Gasteiger partial charge in [0.2, 0.25) is 0 Å². The summed E-state index contributed by atoms with van der Waals surface area (Å²) >= 11 is 5.88. The molecule has 0 radical (unpaired) electrons. The first-order valence-electron chi connectivity index (χ1n) is 7.10. The second-order valence-electron chi connectivity index (χ2n) is 5.41. The van der Waals surface area contributed by atoms with Gasteiger partial charge in [-0.25, -0.2) is 8.42 Å². The molecule has 1 heterocycles. The second kappa shape index (κ2) is 7.19. The van der Waals surface area contributed by atoms with Crippen molar-refractivity contribution in [3.63, 3.8) is 0 Å². The maximum atomic E-state index is 12.2. The molecular weight excluding hydrogens is 338 g/mol. The summed E-state index contributed by atoms with van der Waals surface area (Å²) in [6.07, 6.45) is 4.09. The van der Waals surface area contributed by atoms with Crippen LogP contribution in [0, 0.1) is 0 Å². The van der Waals surface area contributed by atoms with Gasteiger partial charge in [-0.3, -0.25) is 4.79 Å². The SMILES string of the molecule is C[C@H](CCc1ccco1)NC(=O)c1ccc(Cl)c(S(C)(=O)=O)c1. The third-order valence-corrected chi connectivity index (χ3v) is 4.95. The van der Waals surface area contributed by atoms with Crippen molar-refractivity contribution in [1.29, 1.82) is 0 Å². The molecule has 1 aromatic carbocycles. The van der Waals surface area contributed by atoms with Crippen LogP contribution in [-0.2, 0) is 16.3 Å². The highest BCUT2D eigenvalue weighted by atomic mass is 35.5. The molecule has 2 rings (SSSR count). The summed E-state index contributed by atoms with van der Waals surface area (Å²) in [6, 6.07) is 7.84. The van der Waals surface area contributed by atoms with E-state index in [0.29, 0.717) is 12.8 Å². The zero-order chi connectivity index (χ0) is 17.0. The van der Waals surface area contributed by atoms with Crippen LogP contribution in [0.5, 0.6) is 0 Å². The molecule has 0 aliphatic heterocycles. The van der Waals surface area contributed by atoms with Crippen molar-refractivity contribution in [1.82, 2.24) is 5.32 Å². The number of halogens is 1. The number of nitrogens with one attached hydrogen (secondary N) is 1. The van der Waals surface area contributed by atoms with Gasteiger partial charge in [-0.15, -0.1) is 0 Å². The quantitative estimate of drug-likeness (QED) is 0.863. The van der Waals surface area contributed by atoms with Gasteiger partial charge >= 0.3 is 0 Å². The van der Waals surface area contributed by atoms with Gasteiger partial charge in [-0.2, -0.15) is 0 Å². The topological polar surface area (TPSA) is 76.4 Å². The lowest BCUT2D eigenvalue weighted by atomic mass is 10.1. The number of sulfone groups is 1. The summed E-state index contributed by atoms with van der Waals surface area (Å²) < 4.78 is 28.6. The van der Waals surface area contributed by atoms with Gasteiger partial charge in [-0.1, -0.05) is 11.6 Å². The first-order valence-corrected chi connectivity index (χ1v) is 9.37. The minimum atomic E-state index is -3.48. The Hall–Kier alpha value is -1.79. The van der Waals surface area contributed by atoms with Crippen molar-refractivity contribution in [2.75, 3.05) is 6.26 Å². The van der Waals surface area contributed by atoms with E-state index in [-0.39, 0.29) is 27.4 Å². The Labute approximate surface area is 140 Å². The highest BCUT2D eigenvalue weighted by Crippen LogP contribution is 2.22. The molecule has 124 valence electrons. The molecule has 0 saturated carbocycles. The number of hydrogen-bond acceptors (Lipinski definition) is 4. The lowest BCUT2D eigenvalue weighted by Crippen LogP contribution is -2.33. The van der Waals surface area contributed by atoms with Gasteiger partial charge in [0, 0.05) is 24.3 Å². The van der Waals surface area contributed by atoms with E-state index in [1.165, 1.54) is 18.2 Å². The van der Waals surface area contributed by atoms with Crippen molar-refractivity contribution in [2.45, 2.75) is 30.7 Å². The molecule has 1 amide bonds. The maximum Gasteiger partial charge on any atom is 0.251 e. The average Bonchev–Trinajstić information content (AvgIpc) is 2.97.